The molecule has 3 rings (SSSR count). The van der Waals surface area contributed by atoms with Gasteiger partial charge in [-0.05, 0) is 36.4 Å². The Kier molecular flexibility index (Phi) is 4.42. The Balaban J connectivity index is 1.77. The molecule has 5 nitrogen and oxygen atoms in total. The van der Waals surface area contributed by atoms with Crippen LogP contribution in [-0.4, -0.2) is 16.4 Å². The van der Waals surface area contributed by atoms with Crippen molar-refractivity contribution in [2.24, 2.45) is 4.99 Å². The molecule has 0 bridgehead atoms. The van der Waals surface area contributed by atoms with Gasteiger partial charge in [-0.25, -0.2) is 0 Å². The number of halogens is 3. The van der Waals surface area contributed by atoms with Gasteiger partial charge in [0.2, 0.25) is 0 Å². The smallest absolute Gasteiger partial charge is 0.433 e. The molecular weight excluding hydrogens is 335 g/mol. The molecule has 0 fully saturated rings. The minimum Gasteiger partial charge on any atom is -0.457 e. The van der Waals surface area contributed by atoms with E-state index in [-0.39, 0.29) is 0 Å². The molecule has 1 aromatic heterocycles. The normalized spacial score (nSPS) is 11.8. The molecule has 0 unspecified atom stereocenters. The number of rotatable bonds is 4. The Bertz CT molecular complexity index is 926. The average Bonchev–Trinajstić information content (AvgIpc) is 2.96. The van der Waals surface area contributed by atoms with E-state index in [1.165, 1.54) is 0 Å². The fourth-order valence-corrected chi connectivity index (χ4v) is 2.08. The summed E-state index contributed by atoms with van der Waals surface area (Å²) in [5.41, 5.74) is -2.24. The van der Waals surface area contributed by atoms with Crippen LogP contribution in [-0.2, 0) is 6.18 Å². The Morgan fingerprint density at radius 3 is 2.20 bits per heavy atom. The second-order valence-electron chi connectivity index (χ2n) is 5.03. The van der Waals surface area contributed by atoms with E-state index in [4.69, 9.17) is 4.74 Å². The number of para-hydroxylation sites is 1. The van der Waals surface area contributed by atoms with E-state index in [1.54, 1.807) is 36.4 Å². The minimum absolute atomic E-state index is 0.383. The van der Waals surface area contributed by atoms with Gasteiger partial charge in [-0.2, -0.15) is 13.2 Å². The van der Waals surface area contributed by atoms with E-state index in [0.29, 0.717) is 17.2 Å². The second kappa shape index (κ2) is 6.68. The number of nitrogens with one attached hydrogen (secondary N) is 2. The van der Waals surface area contributed by atoms with Crippen molar-refractivity contribution in [3.8, 4) is 11.5 Å². The Labute approximate surface area is 139 Å². The van der Waals surface area contributed by atoms with Crippen molar-refractivity contribution in [2.75, 3.05) is 0 Å². The lowest BCUT2D eigenvalue weighted by Gasteiger charge is -2.05. The third kappa shape index (κ3) is 3.97. The van der Waals surface area contributed by atoms with E-state index in [0.717, 1.165) is 6.21 Å². The first kappa shape index (κ1) is 16.6. The summed E-state index contributed by atoms with van der Waals surface area (Å²) in [5.74, 6) is 1.22. The molecule has 0 aliphatic carbocycles. The number of benzene rings is 2. The SMILES string of the molecule is O=c1[nH][nH]c(C(F)(F)F)c1C=Nc1ccc(Oc2ccccc2)cc1. The largest absolute Gasteiger partial charge is 0.457 e. The monoisotopic (exact) mass is 347 g/mol. The highest BCUT2D eigenvalue weighted by atomic mass is 19.4. The van der Waals surface area contributed by atoms with Crippen molar-refractivity contribution in [1.29, 1.82) is 0 Å². The van der Waals surface area contributed by atoms with Gasteiger partial charge in [0.1, 0.15) is 11.5 Å². The first-order valence-corrected chi connectivity index (χ1v) is 7.18. The van der Waals surface area contributed by atoms with Crippen LogP contribution >= 0.6 is 0 Å². The van der Waals surface area contributed by atoms with Crippen LogP contribution in [0.1, 0.15) is 11.3 Å². The van der Waals surface area contributed by atoms with E-state index in [9.17, 15) is 18.0 Å². The molecule has 0 atom stereocenters. The molecule has 0 aliphatic heterocycles. The fourth-order valence-electron chi connectivity index (χ4n) is 2.08. The Hall–Kier alpha value is -3.29. The summed E-state index contributed by atoms with van der Waals surface area (Å²) in [6.07, 6.45) is -3.79. The molecule has 128 valence electrons. The number of aromatic amines is 2. The van der Waals surface area contributed by atoms with Crippen LogP contribution in [0.15, 0.2) is 64.4 Å². The highest BCUT2D eigenvalue weighted by molar-refractivity contribution is 5.83. The van der Waals surface area contributed by atoms with Crippen LogP contribution in [0.3, 0.4) is 0 Å². The summed E-state index contributed by atoms with van der Waals surface area (Å²) >= 11 is 0. The van der Waals surface area contributed by atoms with Crippen LogP contribution in [0.4, 0.5) is 18.9 Å². The molecule has 0 saturated carbocycles. The van der Waals surface area contributed by atoms with Crippen molar-refractivity contribution >= 4 is 11.9 Å². The summed E-state index contributed by atoms with van der Waals surface area (Å²) in [5, 5.41) is 3.72. The molecule has 1 heterocycles. The summed E-state index contributed by atoms with van der Waals surface area (Å²) in [6.45, 7) is 0. The number of nitrogens with zero attached hydrogens (tertiary/aromatic N) is 1. The fraction of sp³-hybridized carbons (Fsp3) is 0.0588. The molecule has 0 aliphatic rings. The molecule has 25 heavy (non-hydrogen) atoms. The van der Waals surface area contributed by atoms with Gasteiger partial charge < -0.3 is 4.74 Å². The van der Waals surface area contributed by atoms with Crippen molar-refractivity contribution in [2.45, 2.75) is 6.18 Å². The molecule has 8 heteroatoms. The van der Waals surface area contributed by atoms with Crippen molar-refractivity contribution in [1.82, 2.24) is 10.2 Å². The number of alkyl halides is 3. The summed E-state index contributed by atoms with van der Waals surface area (Å²) in [7, 11) is 0. The average molecular weight is 347 g/mol. The third-order valence-corrected chi connectivity index (χ3v) is 3.26. The van der Waals surface area contributed by atoms with Crippen LogP contribution in [0.2, 0.25) is 0 Å². The van der Waals surface area contributed by atoms with Gasteiger partial charge in [-0.15, -0.1) is 0 Å². The van der Waals surface area contributed by atoms with Crippen LogP contribution in [0.25, 0.3) is 0 Å². The molecule has 0 amide bonds. The van der Waals surface area contributed by atoms with Gasteiger partial charge in [-0.3, -0.25) is 20.0 Å². The van der Waals surface area contributed by atoms with Gasteiger partial charge in [-0.1, -0.05) is 18.2 Å². The van der Waals surface area contributed by atoms with E-state index >= 15 is 0 Å². The molecule has 0 saturated heterocycles. The Morgan fingerprint density at radius 2 is 1.56 bits per heavy atom. The number of aliphatic imine (C=N–C) groups is 1. The standard InChI is InChI=1S/C17H12F3N3O2/c18-17(19,20)15-14(16(24)23-22-15)10-21-11-6-8-13(9-7-11)25-12-4-2-1-3-5-12/h1-10H,(H2,22,23,24). The zero-order valence-electron chi connectivity index (χ0n) is 12.7. The number of hydrogen-bond acceptors (Lipinski definition) is 3. The lowest BCUT2D eigenvalue weighted by atomic mass is 10.2. The maximum absolute atomic E-state index is 12.8. The maximum atomic E-state index is 12.8. The molecule has 0 spiro atoms. The highest BCUT2D eigenvalue weighted by Gasteiger charge is 2.36. The predicted octanol–water partition coefficient (Wildman–Crippen LogP) is 4.26. The van der Waals surface area contributed by atoms with Crippen LogP contribution in [0, 0.1) is 0 Å². The second-order valence-corrected chi connectivity index (χ2v) is 5.03. The summed E-state index contributed by atoms with van der Waals surface area (Å²) in [6, 6.07) is 15.5. The lowest BCUT2D eigenvalue weighted by molar-refractivity contribution is -0.141. The van der Waals surface area contributed by atoms with Crippen LogP contribution in [0.5, 0.6) is 11.5 Å². The third-order valence-electron chi connectivity index (χ3n) is 3.26. The summed E-state index contributed by atoms with van der Waals surface area (Å²) in [4.78, 5) is 15.4. The van der Waals surface area contributed by atoms with Gasteiger partial charge in [0.05, 0.1) is 11.3 Å². The first-order chi connectivity index (χ1) is 11.9. The highest BCUT2D eigenvalue weighted by Crippen LogP contribution is 2.28. The quantitative estimate of drug-likeness (QED) is 0.692. The van der Waals surface area contributed by atoms with Gasteiger partial charge in [0.25, 0.3) is 5.56 Å². The minimum atomic E-state index is -4.67. The van der Waals surface area contributed by atoms with Crippen molar-refractivity contribution < 1.29 is 17.9 Å². The number of ether oxygens (including phenoxy) is 1. The number of aromatic nitrogens is 2. The Morgan fingerprint density at radius 1 is 0.920 bits per heavy atom. The van der Waals surface area contributed by atoms with E-state index < -0.39 is 23.0 Å². The molecule has 2 N–H and O–H groups in total. The van der Waals surface area contributed by atoms with Gasteiger partial charge in [0.15, 0.2) is 5.69 Å². The maximum Gasteiger partial charge on any atom is 0.433 e. The number of hydrogen-bond donors (Lipinski definition) is 2. The summed E-state index contributed by atoms with van der Waals surface area (Å²) < 4.78 is 43.9. The van der Waals surface area contributed by atoms with E-state index in [1.807, 2.05) is 28.4 Å². The topological polar surface area (TPSA) is 70.2 Å². The molecule has 3 aromatic rings. The zero-order chi connectivity index (χ0) is 17.9. The van der Waals surface area contributed by atoms with Gasteiger partial charge in [0, 0.05) is 6.21 Å². The lowest BCUT2D eigenvalue weighted by Crippen LogP contribution is -2.12. The molecular formula is C17H12F3N3O2. The predicted molar refractivity (Wildman–Crippen MR) is 86.6 cm³/mol. The number of H-pyrrole nitrogens is 2. The van der Waals surface area contributed by atoms with Crippen LogP contribution < -0.4 is 10.3 Å². The van der Waals surface area contributed by atoms with E-state index in [2.05, 4.69) is 4.99 Å². The van der Waals surface area contributed by atoms with Crippen molar-refractivity contribution in [3.63, 3.8) is 0 Å². The molecule has 2 aromatic carbocycles. The van der Waals surface area contributed by atoms with Gasteiger partial charge >= 0.3 is 6.18 Å². The zero-order valence-corrected chi connectivity index (χ0v) is 12.7. The molecule has 0 radical (unpaired) electrons. The van der Waals surface area contributed by atoms with Crippen molar-refractivity contribution in [3.05, 3.63) is 76.2 Å². The first-order valence-electron chi connectivity index (χ1n) is 7.18.